The molecule has 0 heterocycles. The largest absolute Gasteiger partial charge is 0.321 e. The van der Waals surface area contributed by atoms with Crippen LogP contribution in [0.15, 0.2) is 36.4 Å². The van der Waals surface area contributed by atoms with Crippen LogP contribution in [0.1, 0.15) is 29.2 Å². The lowest BCUT2D eigenvalue weighted by molar-refractivity contribution is 0.480. The minimum atomic E-state index is -0.835. The molecule has 2 aromatic carbocycles. The molecule has 0 spiro atoms. The third-order valence-corrected chi connectivity index (χ3v) is 3.72. The first-order valence-electron chi connectivity index (χ1n) is 6.60. The van der Waals surface area contributed by atoms with Crippen LogP contribution in [-0.4, -0.2) is 0 Å². The van der Waals surface area contributed by atoms with E-state index in [0.717, 1.165) is 11.6 Å². The summed E-state index contributed by atoms with van der Waals surface area (Å²) in [4.78, 5) is 0. The van der Waals surface area contributed by atoms with Gasteiger partial charge in [0.1, 0.15) is 0 Å². The van der Waals surface area contributed by atoms with Crippen LogP contribution in [-0.2, 0) is 12.0 Å². The molecule has 1 unspecified atom stereocenters. The Bertz CT molecular complexity index is 633. The zero-order valence-corrected chi connectivity index (χ0v) is 12.0. The number of benzene rings is 2. The van der Waals surface area contributed by atoms with E-state index in [1.165, 1.54) is 17.2 Å². The quantitative estimate of drug-likeness (QED) is 0.900. The highest BCUT2D eigenvalue weighted by Crippen LogP contribution is 2.25. The Kier molecular flexibility index (Phi) is 3.91. The summed E-state index contributed by atoms with van der Waals surface area (Å²) in [5, 5.41) is 0. The molecule has 0 radical (unpaired) electrons. The van der Waals surface area contributed by atoms with Crippen LogP contribution in [0.2, 0.25) is 0 Å². The molecule has 0 aliphatic carbocycles. The predicted molar refractivity (Wildman–Crippen MR) is 77.5 cm³/mol. The fourth-order valence-electron chi connectivity index (χ4n) is 2.27. The van der Waals surface area contributed by atoms with E-state index in [1.54, 1.807) is 6.07 Å². The minimum absolute atomic E-state index is 0.451. The summed E-state index contributed by atoms with van der Waals surface area (Å²) >= 11 is 0. The maximum atomic E-state index is 13.3. The molecule has 0 aliphatic heterocycles. The van der Waals surface area contributed by atoms with E-state index in [0.29, 0.717) is 12.0 Å². The predicted octanol–water partition coefficient (Wildman–Crippen LogP) is 4.00. The SMILES string of the molecule is Cc1ccc(C(C)(N)Cc2ccc(F)c(F)c2)cc1C. The van der Waals surface area contributed by atoms with Gasteiger partial charge in [-0.25, -0.2) is 8.78 Å². The van der Waals surface area contributed by atoms with Crippen molar-refractivity contribution in [1.82, 2.24) is 0 Å². The second-order valence-corrected chi connectivity index (χ2v) is 5.64. The van der Waals surface area contributed by atoms with Crippen molar-refractivity contribution in [2.24, 2.45) is 5.73 Å². The number of aryl methyl sites for hydroxylation is 2. The molecule has 0 saturated heterocycles. The van der Waals surface area contributed by atoms with Gasteiger partial charge in [0.2, 0.25) is 0 Å². The molecule has 0 bridgehead atoms. The zero-order chi connectivity index (χ0) is 14.9. The molecule has 0 aliphatic rings. The lowest BCUT2D eigenvalue weighted by Gasteiger charge is -2.26. The van der Waals surface area contributed by atoms with Gasteiger partial charge in [-0.1, -0.05) is 24.3 Å². The van der Waals surface area contributed by atoms with Crippen molar-refractivity contribution in [3.63, 3.8) is 0 Å². The van der Waals surface area contributed by atoms with Gasteiger partial charge >= 0.3 is 0 Å². The highest BCUT2D eigenvalue weighted by atomic mass is 19.2. The lowest BCUT2D eigenvalue weighted by atomic mass is 9.85. The Balaban J connectivity index is 2.29. The first kappa shape index (κ1) is 14.7. The number of hydrogen-bond donors (Lipinski definition) is 1. The number of halogens is 2. The van der Waals surface area contributed by atoms with E-state index in [9.17, 15) is 8.78 Å². The summed E-state index contributed by atoms with van der Waals surface area (Å²) in [5.41, 5.74) is 9.79. The zero-order valence-electron chi connectivity index (χ0n) is 12.0. The fraction of sp³-hybridized carbons (Fsp3) is 0.294. The first-order valence-corrected chi connectivity index (χ1v) is 6.60. The maximum absolute atomic E-state index is 13.3. The highest BCUT2D eigenvalue weighted by molar-refractivity contribution is 5.35. The molecule has 20 heavy (non-hydrogen) atoms. The van der Waals surface area contributed by atoms with Crippen LogP contribution >= 0.6 is 0 Å². The average molecular weight is 275 g/mol. The van der Waals surface area contributed by atoms with Crippen molar-refractivity contribution in [2.75, 3.05) is 0 Å². The number of nitrogens with two attached hydrogens (primary N) is 1. The molecule has 3 heteroatoms. The normalized spacial score (nSPS) is 14.1. The van der Waals surface area contributed by atoms with Crippen molar-refractivity contribution in [3.05, 3.63) is 70.3 Å². The van der Waals surface area contributed by atoms with Crippen molar-refractivity contribution in [2.45, 2.75) is 32.7 Å². The topological polar surface area (TPSA) is 26.0 Å². The molecule has 106 valence electrons. The van der Waals surface area contributed by atoms with Crippen LogP contribution in [0.5, 0.6) is 0 Å². The van der Waals surface area contributed by atoms with Crippen molar-refractivity contribution in [1.29, 1.82) is 0 Å². The molecule has 2 rings (SSSR count). The second-order valence-electron chi connectivity index (χ2n) is 5.64. The molecule has 0 fully saturated rings. The van der Waals surface area contributed by atoms with Crippen LogP contribution in [0.25, 0.3) is 0 Å². The molecular formula is C17H19F2N. The molecule has 1 atom stereocenters. The van der Waals surface area contributed by atoms with Crippen molar-refractivity contribution >= 4 is 0 Å². The van der Waals surface area contributed by atoms with Gasteiger partial charge in [0, 0.05) is 5.54 Å². The molecule has 0 saturated carbocycles. The Morgan fingerprint density at radius 1 is 0.950 bits per heavy atom. The minimum Gasteiger partial charge on any atom is -0.321 e. The van der Waals surface area contributed by atoms with Gasteiger partial charge in [0.25, 0.3) is 0 Å². The van der Waals surface area contributed by atoms with Crippen LogP contribution in [0.4, 0.5) is 8.78 Å². The molecule has 1 nitrogen and oxygen atoms in total. The summed E-state index contributed by atoms with van der Waals surface area (Å²) in [6.07, 6.45) is 0.451. The van der Waals surface area contributed by atoms with Gasteiger partial charge in [-0.05, 0) is 61.6 Å². The molecule has 0 amide bonds. The molecular weight excluding hydrogens is 256 g/mol. The van der Waals surface area contributed by atoms with Gasteiger partial charge in [-0.2, -0.15) is 0 Å². The fourth-order valence-corrected chi connectivity index (χ4v) is 2.27. The van der Waals surface area contributed by atoms with E-state index in [-0.39, 0.29) is 0 Å². The van der Waals surface area contributed by atoms with E-state index in [4.69, 9.17) is 5.73 Å². The van der Waals surface area contributed by atoms with Crippen molar-refractivity contribution in [3.8, 4) is 0 Å². The molecule has 2 N–H and O–H groups in total. The third kappa shape index (κ3) is 3.05. The standard InChI is InChI=1S/C17H19F2N/c1-11-4-6-14(8-12(11)2)17(3,20)10-13-5-7-15(18)16(19)9-13/h4-9H,10,20H2,1-3H3. The van der Waals surface area contributed by atoms with Gasteiger partial charge < -0.3 is 5.73 Å². The molecule has 2 aromatic rings. The van der Waals surface area contributed by atoms with E-state index < -0.39 is 17.2 Å². The van der Waals surface area contributed by atoms with E-state index >= 15 is 0 Å². The summed E-state index contributed by atoms with van der Waals surface area (Å²) < 4.78 is 26.2. The monoisotopic (exact) mass is 275 g/mol. The smallest absolute Gasteiger partial charge is 0.159 e. The van der Waals surface area contributed by atoms with Gasteiger partial charge in [-0.15, -0.1) is 0 Å². The van der Waals surface area contributed by atoms with Gasteiger partial charge in [-0.3, -0.25) is 0 Å². The summed E-state index contributed by atoms with van der Waals surface area (Å²) in [6, 6.07) is 9.99. The summed E-state index contributed by atoms with van der Waals surface area (Å²) in [5.74, 6) is -1.67. The highest BCUT2D eigenvalue weighted by Gasteiger charge is 2.22. The van der Waals surface area contributed by atoms with E-state index in [2.05, 4.69) is 6.07 Å². The second kappa shape index (κ2) is 5.33. The number of hydrogen-bond acceptors (Lipinski definition) is 1. The third-order valence-electron chi connectivity index (χ3n) is 3.72. The Hall–Kier alpha value is -1.74. The maximum Gasteiger partial charge on any atom is 0.159 e. The average Bonchev–Trinajstić information content (AvgIpc) is 2.37. The number of rotatable bonds is 3. The van der Waals surface area contributed by atoms with Gasteiger partial charge in [0.15, 0.2) is 11.6 Å². The van der Waals surface area contributed by atoms with Crippen LogP contribution in [0.3, 0.4) is 0 Å². The summed E-state index contributed by atoms with van der Waals surface area (Å²) in [6.45, 7) is 5.98. The van der Waals surface area contributed by atoms with Gasteiger partial charge in [0.05, 0.1) is 0 Å². The lowest BCUT2D eigenvalue weighted by Crippen LogP contribution is -2.35. The Labute approximate surface area is 118 Å². The summed E-state index contributed by atoms with van der Waals surface area (Å²) in [7, 11) is 0. The van der Waals surface area contributed by atoms with Crippen LogP contribution in [0, 0.1) is 25.5 Å². The van der Waals surface area contributed by atoms with Crippen molar-refractivity contribution < 1.29 is 8.78 Å². The Morgan fingerprint density at radius 2 is 1.65 bits per heavy atom. The first-order chi connectivity index (χ1) is 9.29. The Morgan fingerprint density at radius 3 is 2.25 bits per heavy atom. The molecule has 0 aromatic heterocycles. The van der Waals surface area contributed by atoms with E-state index in [1.807, 2.05) is 32.9 Å². The van der Waals surface area contributed by atoms with Crippen LogP contribution < -0.4 is 5.73 Å².